The van der Waals surface area contributed by atoms with Crippen LogP contribution >= 0.6 is 0 Å². The third-order valence-electron chi connectivity index (χ3n) is 3.69. The molecular weight excluding hydrogens is 344 g/mol. The van der Waals surface area contributed by atoms with Crippen molar-refractivity contribution in [2.24, 2.45) is 11.7 Å². The van der Waals surface area contributed by atoms with Gasteiger partial charge in [-0.25, -0.2) is 0 Å². The lowest BCUT2D eigenvalue weighted by atomic mass is 9.85. The molecule has 0 fully saturated rings. The Morgan fingerprint density at radius 3 is 2.22 bits per heavy atom. The van der Waals surface area contributed by atoms with Gasteiger partial charge in [0.25, 0.3) is 0 Å². The molecule has 0 aromatic heterocycles. The van der Waals surface area contributed by atoms with Crippen molar-refractivity contribution in [1.29, 1.82) is 0 Å². The summed E-state index contributed by atoms with van der Waals surface area (Å²) >= 11 is 0. The molecular formula is C21H31N2O4+. The maximum Gasteiger partial charge on any atom is 0.728 e. The van der Waals surface area contributed by atoms with Crippen LogP contribution in [0.15, 0.2) is 30.3 Å². The summed E-state index contributed by atoms with van der Waals surface area (Å²) in [6.07, 6.45) is -0.741. The molecule has 1 aromatic carbocycles. The predicted octanol–water partition coefficient (Wildman–Crippen LogP) is 4.34. The molecule has 148 valence electrons. The van der Waals surface area contributed by atoms with Gasteiger partial charge in [0.2, 0.25) is 0 Å². The van der Waals surface area contributed by atoms with Crippen LogP contribution in [0.2, 0.25) is 0 Å². The molecule has 0 bridgehead atoms. The fraction of sp³-hybridized carbons (Fsp3) is 0.571. The second kappa shape index (κ2) is 10.1. The SMILES string of the molecule is CC(C)OC(=O)[C@@H](C#[N+]C(=O)OC(C)(C)C)C[C@@H](c1ccccc1)[C@@H](C)N. The highest BCUT2D eigenvalue weighted by molar-refractivity contribution is 5.82. The fourth-order valence-electron chi connectivity index (χ4n) is 2.54. The number of amides is 1. The molecule has 0 saturated carbocycles. The van der Waals surface area contributed by atoms with E-state index in [9.17, 15) is 9.59 Å². The molecule has 0 unspecified atom stereocenters. The number of esters is 1. The van der Waals surface area contributed by atoms with Gasteiger partial charge < -0.3 is 15.2 Å². The average Bonchev–Trinajstić information content (AvgIpc) is 2.53. The van der Waals surface area contributed by atoms with Crippen molar-refractivity contribution in [3.63, 3.8) is 0 Å². The van der Waals surface area contributed by atoms with E-state index in [4.69, 9.17) is 15.2 Å². The van der Waals surface area contributed by atoms with E-state index in [0.29, 0.717) is 6.42 Å². The van der Waals surface area contributed by atoms with Gasteiger partial charge in [-0.15, -0.1) is 0 Å². The number of hydrogen-bond donors (Lipinski definition) is 1. The Balaban J connectivity index is 3.07. The minimum absolute atomic E-state index is 0.114. The Kier molecular flexibility index (Phi) is 8.45. The van der Waals surface area contributed by atoms with Crippen molar-refractivity contribution in [2.45, 2.75) is 71.6 Å². The van der Waals surface area contributed by atoms with Gasteiger partial charge in [-0.05, 0) is 53.5 Å². The molecule has 0 saturated heterocycles. The van der Waals surface area contributed by atoms with Crippen molar-refractivity contribution in [2.75, 3.05) is 0 Å². The monoisotopic (exact) mass is 375 g/mol. The van der Waals surface area contributed by atoms with Crippen LogP contribution in [0.5, 0.6) is 0 Å². The van der Waals surface area contributed by atoms with Crippen LogP contribution in [0.4, 0.5) is 4.79 Å². The van der Waals surface area contributed by atoms with E-state index in [-0.39, 0.29) is 18.1 Å². The highest BCUT2D eigenvalue weighted by Crippen LogP contribution is 2.27. The smallest absolute Gasteiger partial charge is 0.462 e. The topological polar surface area (TPSA) is 83.0 Å². The summed E-state index contributed by atoms with van der Waals surface area (Å²) in [6, 6.07) is 12.1. The third kappa shape index (κ3) is 8.69. The first-order valence-electron chi connectivity index (χ1n) is 9.20. The number of nitrogens with zero attached hydrogens (tertiary/aromatic N) is 1. The van der Waals surface area contributed by atoms with E-state index in [1.807, 2.05) is 37.3 Å². The molecule has 1 amide bonds. The Morgan fingerprint density at radius 1 is 1.15 bits per heavy atom. The molecule has 6 heteroatoms. The molecule has 0 aliphatic rings. The molecule has 27 heavy (non-hydrogen) atoms. The zero-order valence-corrected chi connectivity index (χ0v) is 17.1. The van der Waals surface area contributed by atoms with E-state index < -0.39 is 23.6 Å². The normalized spacial score (nSPS) is 14.5. The molecule has 0 heterocycles. The molecule has 0 aliphatic heterocycles. The van der Waals surface area contributed by atoms with Crippen LogP contribution in [0.25, 0.3) is 4.85 Å². The second-order valence-electron chi connectivity index (χ2n) is 7.87. The van der Waals surface area contributed by atoms with E-state index in [1.54, 1.807) is 34.6 Å². The van der Waals surface area contributed by atoms with E-state index in [2.05, 4.69) is 10.9 Å². The summed E-state index contributed by atoms with van der Waals surface area (Å²) in [4.78, 5) is 28.1. The highest BCUT2D eigenvalue weighted by Gasteiger charge is 2.32. The lowest BCUT2D eigenvalue weighted by Gasteiger charge is -2.22. The number of benzene rings is 1. The summed E-state index contributed by atoms with van der Waals surface area (Å²) in [5.74, 6) is -1.42. The van der Waals surface area contributed by atoms with Gasteiger partial charge in [0.05, 0.1) is 10.9 Å². The molecule has 2 N–H and O–H groups in total. The molecule has 6 nitrogen and oxygen atoms in total. The van der Waals surface area contributed by atoms with E-state index >= 15 is 0 Å². The minimum Gasteiger partial charge on any atom is -0.462 e. The standard InChI is InChI=1S/C21H31N2O4/c1-14(2)26-19(24)17(13-23-20(25)27-21(4,5)6)12-18(15(3)22)16-10-8-7-9-11-16/h7-11,14-15,17-18H,12,22H2,1-6H3/q+1/t15-,17-,18-/m1/s1. The number of hydrogen-bond acceptors (Lipinski definition) is 5. The van der Waals surface area contributed by atoms with Crippen LogP contribution < -0.4 is 5.73 Å². The van der Waals surface area contributed by atoms with Crippen LogP contribution in [0.3, 0.4) is 0 Å². The molecule has 3 atom stereocenters. The Hall–Kier alpha value is -2.39. The summed E-state index contributed by atoms with van der Waals surface area (Å²) in [5, 5.41) is 0. The molecule has 0 radical (unpaired) electrons. The quantitative estimate of drug-likeness (QED) is 0.748. The summed E-state index contributed by atoms with van der Waals surface area (Å²) < 4.78 is 10.4. The zero-order chi connectivity index (χ0) is 20.6. The number of nitrogens with two attached hydrogens (primary N) is 1. The second-order valence-corrected chi connectivity index (χ2v) is 7.87. The van der Waals surface area contributed by atoms with Gasteiger partial charge in [-0.3, -0.25) is 4.79 Å². The Labute approximate surface area is 161 Å². The molecule has 0 aliphatic carbocycles. The summed E-state index contributed by atoms with van der Waals surface area (Å²) in [5.41, 5.74) is 6.49. The molecule has 1 rings (SSSR count). The van der Waals surface area contributed by atoms with Crippen molar-refractivity contribution in [1.82, 2.24) is 0 Å². The van der Waals surface area contributed by atoms with Crippen LogP contribution in [-0.4, -0.2) is 29.8 Å². The summed E-state index contributed by atoms with van der Waals surface area (Å²) in [7, 11) is 0. The number of ether oxygens (including phenoxy) is 2. The average molecular weight is 375 g/mol. The summed E-state index contributed by atoms with van der Waals surface area (Å²) in [6.45, 7) is 10.6. The molecule has 1 aromatic rings. The Bertz CT molecular complexity index is 682. The predicted molar refractivity (Wildman–Crippen MR) is 106 cm³/mol. The van der Waals surface area contributed by atoms with Gasteiger partial charge >= 0.3 is 18.1 Å². The van der Waals surface area contributed by atoms with Crippen LogP contribution in [0, 0.1) is 12.0 Å². The first-order valence-corrected chi connectivity index (χ1v) is 9.20. The third-order valence-corrected chi connectivity index (χ3v) is 3.69. The van der Waals surface area contributed by atoms with E-state index in [1.165, 1.54) is 0 Å². The van der Waals surface area contributed by atoms with Gasteiger partial charge in [0.15, 0.2) is 5.92 Å². The number of rotatable bonds is 6. The first kappa shape index (κ1) is 22.7. The van der Waals surface area contributed by atoms with Gasteiger partial charge in [0, 0.05) is 12.0 Å². The lowest BCUT2D eigenvalue weighted by molar-refractivity contribution is -0.150. The fourth-order valence-corrected chi connectivity index (χ4v) is 2.54. The van der Waals surface area contributed by atoms with Gasteiger partial charge in [0.1, 0.15) is 5.60 Å². The highest BCUT2D eigenvalue weighted by atomic mass is 16.6. The van der Waals surface area contributed by atoms with Crippen molar-refractivity contribution in [3.05, 3.63) is 40.7 Å². The zero-order valence-electron chi connectivity index (χ0n) is 17.1. The molecule has 0 spiro atoms. The number of carbonyl (C=O) groups is 2. The largest absolute Gasteiger partial charge is 0.728 e. The minimum atomic E-state index is -0.823. The lowest BCUT2D eigenvalue weighted by Crippen LogP contribution is -2.30. The van der Waals surface area contributed by atoms with Crippen molar-refractivity contribution in [3.8, 4) is 6.07 Å². The van der Waals surface area contributed by atoms with E-state index in [0.717, 1.165) is 5.56 Å². The van der Waals surface area contributed by atoms with Crippen LogP contribution in [-0.2, 0) is 14.3 Å². The maximum absolute atomic E-state index is 12.5. The first-order chi connectivity index (χ1) is 12.5. The number of carbonyl (C=O) groups excluding carboxylic acids is 2. The van der Waals surface area contributed by atoms with Gasteiger partial charge in [-0.1, -0.05) is 30.3 Å². The maximum atomic E-state index is 12.5. The van der Waals surface area contributed by atoms with Gasteiger partial charge in [-0.2, -0.15) is 4.79 Å². The Morgan fingerprint density at radius 2 is 1.74 bits per heavy atom. The van der Waals surface area contributed by atoms with Crippen LogP contribution in [0.1, 0.15) is 59.4 Å². The van der Waals surface area contributed by atoms with Crippen molar-refractivity contribution < 1.29 is 19.1 Å². The van der Waals surface area contributed by atoms with Crippen molar-refractivity contribution >= 4 is 12.1 Å².